The molecule has 1 rings (SSSR count). The molecular weight excluding hydrogens is 224 g/mol. The average molecular weight is 250 g/mol. The molecule has 102 valence electrons. The lowest BCUT2D eigenvalue weighted by Gasteiger charge is -2.17. The van der Waals surface area contributed by atoms with Gasteiger partial charge in [-0.1, -0.05) is 38.1 Å². The van der Waals surface area contributed by atoms with E-state index < -0.39 is 0 Å². The minimum absolute atomic E-state index is 0.185. The van der Waals surface area contributed by atoms with Gasteiger partial charge in [0.1, 0.15) is 0 Å². The molecule has 1 atom stereocenters. The van der Waals surface area contributed by atoms with Gasteiger partial charge in [0.2, 0.25) is 0 Å². The molecule has 3 nitrogen and oxygen atoms in total. The molecule has 0 saturated carbocycles. The van der Waals surface area contributed by atoms with Crippen molar-refractivity contribution >= 4 is 0 Å². The maximum atomic E-state index is 8.77. The van der Waals surface area contributed by atoms with Crippen LogP contribution in [0.15, 0.2) is 24.3 Å². The molecule has 3 heteroatoms. The van der Waals surface area contributed by atoms with Crippen LogP contribution >= 0.6 is 0 Å². The Hall–Kier alpha value is -0.900. The Morgan fingerprint density at radius 1 is 1.22 bits per heavy atom. The molecule has 0 aliphatic rings. The van der Waals surface area contributed by atoms with E-state index in [0.29, 0.717) is 12.5 Å². The predicted molar refractivity (Wildman–Crippen MR) is 76.5 cm³/mol. The molecule has 0 radical (unpaired) electrons. The highest BCUT2D eigenvalue weighted by molar-refractivity contribution is 5.25. The second-order valence-corrected chi connectivity index (χ2v) is 5.16. The van der Waals surface area contributed by atoms with E-state index in [2.05, 4.69) is 43.4 Å². The van der Waals surface area contributed by atoms with Crippen molar-refractivity contribution in [2.24, 2.45) is 11.7 Å². The molecule has 0 fully saturated rings. The van der Waals surface area contributed by atoms with Crippen molar-refractivity contribution < 1.29 is 5.11 Å². The summed E-state index contributed by atoms with van der Waals surface area (Å²) >= 11 is 0. The van der Waals surface area contributed by atoms with E-state index in [0.717, 1.165) is 19.4 Å². The lowest BCUT2D eigenvalue weighted by molar-refractivity contribution is 0.283. The van der Waals surface area contributed by atoms with Gasteiger partial charge in [0.05, 0.1) is 0 Å². The zero-order chi connectivity index (χ0) is 13.4. The van der Waals surface area contributed by atoms with Crippen LogP contribution < -0.4 is 11.1 Å². The van der Waals surface area contributed by atoms with Gasteiger partial charge >= 0.3 is 0 Å². The third-order valence-electron chi connectivity index (χ3n) is 2.99. The molecule has 0 bridgehead atoms. The summed E-state index contributed by atoms with van der Waals surface area (Å²) in [5, 5.41) is 12.1. The highest BCUT2D eigenvalue weighted by Crippen LogP contribution is 2.15. The van der Waals surface area contributed by atoms with E-state index >= 15 is 0 Å². The van der Waals surface area contributed by atoms with Gasteiger partial charge in [-0.25, -0.2) is 0 Å². The van der Waals surface area contributed by atoms with Crippen molar-refractivity contribution in [2.75, 3.05) is 19.7 Å². The van der Waals surface area contributed by atoms with Crippen molar-refractivity contribution in [3.63, 3.8) is 0 Å². The van der Waals surface area contributed by atoms with E-state index in [9.17, 15) is 0 Å². The molecule has 1 aromatic carbocycles. The molecule has 18 heavy (non-hydrogen) atoms. The number of benzene rings is 1. The van der Waals surface area contributed by atoms with Crippen molar-refractivity contribution in [3.8, 4) is 0 Å². The number of aliphatic hydroxyl groups is 1. The summed E-state index contributed by atoms with van der Waals surface area (Å²) in [7, 11) is 0. The second-order valence-electron chi connectivity index (χ2n) is 5.16. The monoisotopic (exact) mass is 250 g/mol. The fourth-order valence-corrected chi connectivity index (χ4v) is 2.05. The smallest absolute Gasteiger partial charge is 0.0444 e. The molecule has 1 unspecified atom stereocenters. The zero-order valence-electron chi connectivity index (χ0n) is 11.5. The number of nitrogens with two attached hydrogens (primary N) is 1. The maximum Gasteiger partial charge on any atom is 0.0444 e. The van der Waals surface area contributed by atoms with Gasteiger partial charge in [-0.15, -0.1) is 0 Å². The number of hydrogen-bond donors (Lipinski definition) is 3. The Bertz CT molecular complexity index is 322. The Balaban J connectivity index is 2.57. The Morgan fingerprint density at radius 3 is 2.39 bits per heavy atom. The molecule has 1 aromatic rings. The van der Waals surface area contributed by atoms with Gasteiger partial charge in [0, 0.05) is 19.2 Å². The van der Waals surface area contributed by atoms with E-state index in [1.165, 1.54) is 11.1 Å². The van der Waals surface area contributed by atoms with Crippen LogP contribution in [-0.4, -0.2) is 24.8 Å². The SMILES string of the molecule is CC(C)Cc1ccc(C(CN)NCCCO)cc1. The summed E-state index contributed by atoms with van der Waals surface area (Å²) < 4.78 is 0. The zero-order valence-corrected chi connectivity index (χ0v) is 11.5. The lowest BCUT2D eigenvalue weighted by Crippen LogP contribution is -2.29. The summed E-state index contributed by atoms with van der Waals surface area (Å²) in [5.74, 6) is 0.684. The summed E-state index contributed by atoms with van der Waals surface area (Å²) in [5.41, 5.74) is 8.38. The van der Waals surface area contributed by atoms with Gasteiger partial charge in [0.25, 0.3) is 0 Å². The molecule has 4 N–H and O–H groups in total. The topological polar surface area (TPSA) is 58.3 Å². The number of aliphatic hydroxyl groups excluding tert-OH is 1. The lowest BCUT2D eigenvalue weighted by atomic mass is 9.99. The molecule has 0 heterocycles. The molecule has 0 saturated heterocycles. The van der Waals surface area contributed by atoms with Crippen LogP contribution in [0.3, 0.4) is 0 Å². The Kier molecular flexibility index (Phi) is 6.94. The molecular formula is C15H26N2O. The predicted octanol–water partition coefficient (Wildman–Crippen LogP) is 1.86. The fourth-order valence-electron chi connectivity index (χ4n) is 2.05. The summed E-state index contributed by atoms with van der Waals surface area (Å²) in [6, 6.07) is 8.87. The highest BCUT2D eigenvalue weighted by Gasteiger charge is 2.08. The molecule has 0 amide bonds. The van der Waals surface area contributed by atoms with Crippen LogP contribution in [0.4, 0.5) is 0 Å². The van der Waals surface area contributed by atoms with E-state index in [4.69, 9.17) is 10.8 Å². The normalized spacial score (nSPS) is 12.9. The standard InChI is InChI=1S/C15H26N2O/c1-12(2)10-13-4-6-14(7-5-13)15(11-16)17-8-3-9-18/h4-7,12,15,17-18H,3,8-11,16H2,1-2H3. The first-order valence-corrected chi connectivity index (χ1v) is 6.80. The quantitative estimate of drug-likeness (QED) is 0.617. The van der Waals surface area contributed by atoms with Gasteiger partial charge in [-0.3, -0.25) is 0 Å². The van der Waals surface area contributed by atoms with E-state index in [1.54, 1.807) is 0 Å². The van der Waals surface area contributed by atoms with Crippen LogP contribution in [0.2, 0.25) is 0 Å². The van der Waals surface area contributed by atoms with Gasteiger partial charge in [-0.05, 0) is 36.4 Å². The number of rotatable bonds is 8. The van der Waals surface area contributed by atoms with Gasteiger partial charge in [-0.2, -0.15) is 0 Å². The average Bonchev–Trinajstić information content (AvgIpc) is 2.35. The van der Waals surface area contributed by atoms with Gasteiger partial charge < -0.3 is 16.2 Å². The third-order valence-corrected chi connectivity index (χ3v) is 2.99. The minimum atomic E-state index is 0.185. The number of nitrogens with one attached hydrogen (secondary N) is 1. The Morgan fingerprint density at radius 2 is 1.89 bits per heavy atom. The van der Waals surface area contributed by atoms with Crippen LogP contribution in [-0.2, 0) is 6.42 Å². The van der Waals surface area contributed by atoms with Gasteiger partial charge in [0.15, 0.2) is 0 Å². The highest BCUT2D eigenvalue weighted by atomic mass is 16.3. The molecule has 0 aliphatic carbocycles. The third kappa shape index (κ3) is 5.17. The maximum absolute atomic E-state index is 8.77. The van der Waals surface area contributed by atoms with E-state index in [1.807, 2.05) is 0 Å². The van der Waals surface area contributed by atoms with Crippen molar-refractivity contribution in [1.29, 1.82) is 0 Å². The van der Waals surface area contributed by atoms with E-state index in [-0.39, 0.29) is 12.6 Å². The molecule has 0 aromatic heterocycles. The van der Waals surface area contributed by atoms with Crippen molar-refractivity contribution in [3.05, 3.63) is 35.4 Å². The van der Waals surface area contributed by atoms with Crippen LogP contribution in [0.5, 0.6) is 0 Å². The first-order chi connectivity index (χ1) is 8.67. The summed E-state index contributed by atoms with van der Waals surface area (Å²) in [6.45, 7) is 6.05. The largest absolute Gasteiger partial charge is 0.396 e. The molecule has 0 spiro atoms. The van der Waals surface area contributed by atoms with Crippen LogP contribution in [0, 0.1) is 5.92 Å². The first kappa shape index (κ1) is 15.2. The first-order valence-electron chi connectivity index (χ1n) is 6.80. The summed E-state index contributed by atoms with van der Waals surface area (Å²) in [4.78, 5) is 0. The van der Waals surface area contributed by atoms with Crippen molar-refractivity contribution in [1.82, 2.24) is 5.32 Å². The van der Waals surface area contributed by atoms with Crippen LogP contribution in [0.25, 0.3) is 0 Å². The second kappa shape index (κ2) is 8.25. The molecule has 0 aliphatic heterocycles. The number of hydrogen-bond acceptors (Lipinski definition) is 3. The summed E-state index contributed by atoms with van der Waals surface area (Å²) in [6.07, 6.45) is 1.88. The minimum Gasteiger partial charge on any atom is -0.396 e. The van der Waals surface area contributed by atoms with Crippen molar-refractivity contribution in [2.45, 2.75) is 32.7 Å². The Labute approximate surface area is 110 Å². The fraction of sp³-hybridized carbons (Fsp3) is 0.600. The van der Waals surface area contributed by atoms with Crippen LogP contribution in [0.1, 0.15) is 37.4 Å².